The van der Waals surface area contributed by atoms with Crippen LogP contribution in [0.4, 0.5) is 4.79 Å². The summed E-state index contributed by atoms with van der Waals surface area (Å²) in [5.74, 6) is 0.531. The van der Waals surface area contributed by atoms with E-state index in [0.717, 1.165) is 10.4 Å². The summed E-state index contributed by atoms with van der Waals surface area (Å²) in [5, 5.41) is 1.88. The van der Waals surface area contributed by atoms with Gasteiger partial charge in [0, 0.05) is 0 Å². The van der Waals surface area contributed by atoms with E-state index >= 15 is 0 Å². The van der Waals surface area contributed by atoms with Gasteiger partial charge in [-0.3, -0.25) is 0 Å². The summed E-state index contributed by atoms with van der Waals surface area (Å²) < 4.78 is 9.50. The molecule has 0 fully saturated rings. The van der Waals surface area contributed by atoms with E-state index in [2.05, 4.69) is 4.74 Å². The minimum absolute atomic E-state index is 0.531. The Labute approximate surface area is 97.2 Å². The van der Waals surface area contributed by atoms with Gasteiger partial charge in [0.05, 0.1) is 12.0 Å². The normalized spacial score (nSPS) is 9.81. The minimum atomic E-state index is -0.699. The zero-order valence-electron chi connectivity index (χ0n) is 8.67. The second-order valence-corrected chi connectivity index (χ2v) is 3.95. The van der Waals surface area contributed by atoms with Gasteiger partial charge in [-0.05, 0) is 17.0 Å². The minimum Gasteiger partial charge on any atom is -0.437 e. The van der Waals surface area contributed by atoms with Crippen molar-refractivity contribution < 1.29 is 14.3 Å². The van der Waals surface area contributed by atoms with E-state index in [0.29, 0.717) is 5.75 Å². The van der Waals surface area contributed by atoms with Crippen molar-refractivity contribution in [2.24, 2.45) is 0 Å². The lowest BCUT2D eigenvalue weighted by atomic mass is 10.2. The Morgan fingerprint density at radius 2 is 1.94 bits per heavy atom. The summed E-state index contributed by atoms with van der Waals surface area (Å²) in [6.45, 7) is 0. The molecule has 0 saturated carbocycles. The molecule has 4 heteroatoms. The van der Waals surface area contributed by atoms with Crippen molar-refractivity contribution >= 4 is 17.5 Å². The molecule has 0 bridgehead atoms. The number of carbonyl (C=O) groups excluding carboxylic acids is 1. The molecule has 82 valence electrons. The highest BCUT2D eigenvalue weighted by Crippen LogP contribution is 2.35. The first-order chi connectivity index (χ1) is 7.81. The number of carbonyl (C=O) groups is 1. The molecule has 0 unspecified atom stereocenters. The van der Waals surface area contributed by atoms with Crippen LogP contribution in [0.2, 0.25) is 0 Å². The fourth-order valence-corrected chi connectivity index (χ4v) is 2.14. The molecular formula is C12H10O3S. The average molecular weight is 234 g/mol. The highest BCUT2D eigenvalue weighted by Gasteiger charge is 2.11. The fraction of sp³-hybridized carbons (Fsp3) is 0.0833. The largest absolute Gasteiger partial charge is 0.513 e. The van der Waals surface area contributed by atoms with Crippen LogP contribution in [0.1, 0.15) is 0 Å². The van der Waals surface area contributed by atoms with Crippen LogP contribution in [-0.2, 0) is 4.74 Å². The van der Waals surface area contributed by atoms with Gasteiger partial charge in [-0.2, -0.15) is 0 Å². The van der Waals surface area contributed by atoms with Crippen LogP contribution in [0.25, 0.3) is 10.4 Å². The third-order valence-corrected chi connectivity index (χ3v) is 2.97. The molecule has 0 aliphatic rings. The quantitative estimate of drug-likeness (QED) is 0.745. The maximum Gasteiger partial charge on any atom is 0.513 e. The molecule has 2 aromatic rings. The molecule has 0 amide bonds. The van der Waals surface area contributed by atoms with Gasteiger partial charge in [0.1, 0.15) is 0 Å². The number of hydrogen-bond donors (Lipinski definition) is 0. The smallest absolute Gasteiger partial charge is 0.437 e. The number of benzene rings is 1. The second kappa shape index (κ2) is 4.81. The highest BCUT2D eigenvalue weighted by atomic mass is 32.1. The molecule has 0 aliphatic carbocycles. The maximum atomic E-state index is 11.0. The molecule has 0 radical (unpaired) electrons. The van der Waals surface area contributed by atoms with Crippen LogP contribution < -0.4 is 4.74 Å². The van der Waals surface area contributed by atoms with E-state index < -0.39 is 6.16 Å². The second-order valence-electron chi connectivity index (χ2n) is 3.04. The molecule has 1 heterocycles. The first-order valence-electron chi connectivity index (χ1n) is 4.70. The molecule has 0 aliphatic heterocycles. The first-order valence-corrected chi connectivity index (χ1v) is 5.58. The van der Waals surface area contributed by atoms with Gasteiger partial charge in [0.25, 0.3) is 0 Å². The van der Waals surface area contributed by atoms with Crippen molar-refractivity contribution in [3.8, 4) is 16.2 Å². The van der Waals surface area contributed by atoms with Crippen LogP contribution in [0.5, 0.6) is 5.75 Å². The number of methoxy groups -OCH3 is 1. The van der Waals surface area contributed by atoms with Gasteiger partial charge in [-0.15, -0.1) is 11.3 Å². The molecule has 0 saturated heterocycles. The van der Waals surface area contributed by atoms with Gasteiger partial charge in [0.2, 0.25) is 0 Å². The Morgan fingerprint density at radius 1 is 1.19 bits per heavy atom. The van der Waals surface area contributed by atoms with Gasteiger partial charge in [-0.25, -0.2) is 4.79 Å². The molecule has 0 N–H and O–H groups in total. The molecule has 0 spiro atoms. The van der Waals surface area contributed by atoms with Crippen molar-refractivity contribution in [1.82, 2.24) is 0 Å². The fourth-order valence-electron chi connectivity index (χ4n) is 1.31. The van der Waals surface area contributed by atoms with E-state index in [9.17, 15) is 4.79 Å². The van der Waals surface area contributed by atoms with E-state index in [-0.39, 0.29) is 0 Å². The Kier molecular flexibility index (Phi) is 3.22. The van der Waals surface area contributed by atoms with E-state index in [1.807, 2.05) is 35.7 Å². The number of hydrogen-bond acceptors (Lipinski definition) is 4. The van der Waals surface area contributed by atoms with Gasteiger partial charge in [0.15, 0.2) is 5.75 Å². The Hall–Kier alpha value is -1.81. The summed E-state index contributed by atoms with van der Waals surface area (Å²) >= 11 is 1.52. The lowest BCUT2D eigenvalue weighted by Gasteiger charge is -2.03. The summed E-state index contributed by atoms with van der Waals surface area (Å²) in [4.78, 5) is 11.9. The molecule has 0 atom stereocenters. The third-order valence-electron chi connectivity index (χ3n) is 2.03. The monoisotopic (exact) mass is 234 g/mol. The maximum absolute atomic E-state index is 11.0. The first kappa shape index (κ1) is 10.7. The third kappa shape index (κ3) is 2.23. The summed E-state index contributed by atoms with van der Waals surface area (Å²) in [6, 6.07) is 11.5. The van der Waals surface area contributed by atoms with Gasteiger partial charge < -0.3 is 9.47 Å². The van der Waals surface area contributed by atoms with E-state index in [4.69, 9.17) is 4.74 Å². The van der Waals surface area contributed by atoms with Crippen molar-refractivity contribution in [3.63, 3.8) is 0 Å². The highest BCUT2D eigenvalue weighted by molar-refractivity contribution is 7.14. The van der Waals surface area contributed by atoms with Crippen molar-refractivity contribution in [3.05, 3.63) is 41.8 Å². The summed E-state index contributed by atoms with van der Waals surface area (Å²) in [5.41, 5.74) is 1.02. The molecular weight excluding hydrogens is 224 g/mol. The summed E-state index contributed by atoms with van der Waals surface area (Å²) in [6.07, 6.45) is -0.699. The van der Waals surface area contributed by atoms with Crippen LogP contribution in [-0.4, -0.2) is 13.3 Å². The van der Waals surface area contributed by atoms with Crippen molar-refractivity contribution in [2.45, 2.75) is 0 Å². The molecule has 2 rings (SSSR count). The zero-order chi connectivity index (χ0) is 11.4. The lowest BCUT2D eigenvalue weighted by Crippen LogP contribution is -2.06. The molecule has 3 nitrogen and oxygen atoms in total. The van der Waals surface area contributed by atoms with Crippen LogP contribution in [0.3, 0.4) is 0 Å². The van der Waals surface area contributed by atoms with Crippen molar-refractivity contribution in [2.75, 3.05) is 7.11 Å². The predicted octanol–water partition coefficient (Wildman–Crippen LogP) is 3.56. The summed E-state index contributed by atoms with van der Waals surface area (Å²) in [7, 11) is 1.29. The molecule has 1 aromatic heterocycles. The van der Waals surface area contributed by atoms with E-state index in [1.165, 1.54) is 18.4 Å². The molecule has 16 heavy (non-hydrogen) atoms. The molecule has 1 aromatic carbocycles. The average Bonchev–Trinajstić information content (AvgIpc) is 2.78. The predicted molar refractivity (Wildman–Crippen MR) is 62.8 cm³/mol. The number of ether oxygens (including phenoxy) is 2. The topological polar surface area (TPSA) is 35.5 Å². The standard InChI is InChI=1S/C12H10O3S/c1-14-12(13)15-10-7-8-16-11(10)9-5-3-2-4-6-9/h2-8H,1H3. The Bertz CT molecular complexity index is 476. The SMILES string of the molecule is COC(=O)Oc1ccsc1-c1ccccc1. The Balaban J connectivity index is 2.29. The van der Waals surface area contributed by atoms with E-state index in [1.54, 1.807) is 6.07 Å². The zero-order valence-corrected chi connectivity index (χ0v) is 9.49. The number of rotatable bonds is 2. The van der Waals surface area contributed by atoms with Crippen LogP contribution >= 0.6 is 11.3 Å². The van der Waals surface area contributed by atoms with Gasteiger partial charge in [-0.1, -0.05) is 30.3 Å². The van der Waals surface area contributed by atoms with Crippen molar-refractivity contribution in [1.29, 1.82) is 0 Å². The van der Waals surface area contributed by atoms with Gasteiger partial charge >= 0.3 is 6.16 Å². The van der Waals surface area contributed by atoms with Crippen LogP contribution in [0.15, 0.2) is 41.8 Å². The lowest BCUT2D eigenvalue weighted by molar-refractivity contribution is 0.122. The Morgan fingerprint density at radius 3 is 2.62 bits per heavy atom. The van der Waals surface area contributed by atoms with Crippen LogP contribution in [0, 0.1) is 0 Å². The number of thiophene rings is 1.